The summed E-state index contributed by atoms with van der Waals surface area (Å²) in [7, 11) is 0. The molecule has 3 rings (SSSR count). The maximum atomic E-state index is 3.71. The van der Waals surface area contributed by atoms with Crippen LogP contribution in [0.25, 0.3) is 0 Å². The minimum atomic E-state index is -0.0126. The number of nitrogens with one attached hydrogen (secondary N) is 6. The van der Waals surface area contributed by atoms with E-state index in [-0.39, 0.29) is 11.1 Å². The van der Waals surface area contributed by atoms with Crippen molar-refractivity contribution in [3.05, 3.63) is 59.1 Å². The molecular formula is C24H38N6. The highest BCUT2D eigenvalue weighted by atomic mass is 15.1. The second-order valence-electron chi connectivity index (χ2n) is 8.93. The van der Waals surface area contributed by atoms with Crippen molar-refractivity contribution in [1.29, 1.82) is 0 Å². The minimum Gasteiger partial charge on any atom is -0.314 e. The Bertz CT molecular complexity index is 670. The molecule has 30 heavy (non-hydrogen) atoms. The van der Waals surface area contributed by atoms with Gasteiger partial charge in [-0.15, -0.1) is 11.5 Å². The van der Waals surface area contributed by atoms with Gasteiger partial charge in [-0.3, -0.25) is 0 Å². The monoisotopic (exact) mass is 410 g/mol. The molecule has 0 aromatic rings. The molecule has 1 aliphatic heterocycles. The van der Waals surface area contributed by atoms with Crippen molar-refractivity contribution in [1.82, 2.24) is 31.9 Å². The van der Waals surface area contributed by atoms with Gasteiger partial charge >= 0.3 is 0 Å². The first kappa shape index (κ1) is 23.0. The number of hydrogen-bond acceptors (Lipinski definition) is 6. The second-order valence-corrected chi connectivity index (χ2v) is 8.93. The number of rotatable bonds is 6. The lowest BCUT2D eigenvalue weighted by atomic mass is 10.0. The van der Waals surface area contributed by atoms with Crippen molar-refractivity contribution in [2.75, 3.05) is 65.4 Å². The fourth-order valence-corrected chi connectivity index (χ4v) is 3.76. The third kappa shape index (κ3) is 7.84. The van der Waals surface area contributed by atoms with Gasteiger partial charge in [-0.2, -0.15) is 0 Å². The molecule has 1 fully saturated rings. The van der Waals surface area contributed by atoms with Crippen molar-refractivity contribution in [3.8, 4) is 0 Å². The van der Waals surface area contributed by atoms with Crippen molar-refractivity contribution in [2.24, 2.45) is 0 Å². The van der Waals surface area contributed by atoms with Crippen LogP contribution in [0.4, 0.5) is 0 Å². The molecule has 2 aliphatic carbocycles. The molecule has 6 N–H and O–H groups in total. The van der Waals surface area contributed by atoms with E-state index in [0.29, 0.717) is 0 Å². The summed E-state index contributed by atoms with van der Waals surface area (Å²) in [6, 6.07) is 0. The van der Waals surface area contributed by atoms with E-state index >= 15 is 0 Å². The Morgan fingerprint density at radius 1 is 0.700 bits per heavy atom. The SMILES string of the molecule is CC1(NCC2=C=CC=C2)CNCCNCC(C)(NCC2=C=CC=C2)CNCCNC1. The average Bonchev–Trinajstić information content (AvgIpc) is 3.44. The first-order valence-corrected chi connectivity index (χ1v) is 11.1. The molecule has 0 amide bonds. The van der Waals surface area contributed by atoms with Crippen LogP contribution in [0.5, 0.6) is 0 Å². The van der Waals surface area contributed by atoms with E-state index in [2.05, 4.69) is 69.4 Å². The Labute approximate surface area is 181 Å². The molecule has 0 unspecified atom stereocenters. The molecular weight excluding hydrogens is 372 g/mol. The minimum absolute atomic E-state index is 0.0126. The molecule has 0 bridgehead atoms. The second kappa shape index (κ2) is 11.6. The van der Waals surface area contributed by atoms with E-state index in [9.17, 15) is 0 Å². The van der Waals surface area contributed by atoms with Gasteiger partial charge in [-0.05, 0) is 38.2 Å². The van der Waals surface area contributed by atoms with Gasteiger partial charge in [0.2, 0.25) is 0 Å². The lowest BCUT2D eigenvalue weighted by Crippen LogP contribution is -2.60. The highest BCUT2D eigenvalue weighted by Gasteiger charge is 2.25. The highest BCUT2D eigenvalue weighted by molar-refractivity contribution is 5.31. The van der Waals surface area contributed by atoms with Crippen LogP contribution < -0.4 is 31.9 Å². The predicted octanol–water partition coefficient (Wildman–Crippen LogP) is 0.358. The largest absolute Gasteiger partial charge is 0.314 e. The summed E-state index contributed by atoms with van der Waals surface area (Å²) >= 11 is 0. The van der Waals surface area contributed by atoms with Crippen LogP contribution >= 0.6 is 0 Å². The molecule has 1 heterocycles. The molecule has 0 aromatic heterocycles. The third-order valence-electron chi connectivity index (χ3n) is 5.75. The topological polar surface area (TPSA) is 72.2 Å². The quantitative estimate of drug-likeness (QED) is 0.355. The van der Waals surface area contributed by atoms with E-state index in [4.69, 9.17) is 0 Å². The van der Waals surface area contributed by atoms with Crippen molar-refractivity contribution in [2.45, 2.75) is 24.9 Å². The first-order valence-electron chi connectivity index (χ1n) is 11.1. The molecule has 6 nitrogen and oxygen atoms in total. The lowest BCUT2D eigenvalue weighted by Gasteiger charge is -2.34. The van der Waals surface area contributed by atoms with E-state index in [0.717, 1.165) is 65.4 Å². The summed E-state index contributed by atoms with van der Waals surface area (Å²) in [6.07, 6.45) is 12.3. The number of hydrogen-bond donors (Lipinski definition) is 6. The smallest absolute Gasteiger partial charge is 0.0406 e. The van der Waals surface area contributed by atoms with Crippen molar-refractivity contribution < 1.29 is 0 Å². The van der Waals surface area contributed by atoms with Crippen LogP contribution in [0.15, 0.2) is 59.1 Å². The maximum Gasteiger partial charge on any atom is 0.0406 e. The van der Waals surface area contributed by atoms with E-state index in [1.165, 1.54) is 11.1 Å². The van der Waals surface area contributed by atoms with Crippen LogP contribution in [0.3, 0.4) is 0 Å². The van der Waals surface area contributed by atoms with Gasteiger partial charge in [-0.25, -0.2) is 0 Å². The number of allylic oxidation sites excluding steroid dienone is 2. The third-order valence-corrected chi connectivity index (χ3v) is 5.75. The fourth-order valence-electron chi connectivity index (χ4n) is 3.76. The Morgan fingerprint density at radius 2 is 1.07 bits per heavy atom. The van der Waals surface area contributed by atoms with Crippen LogP contribution in [-0.2, 0) is 0 Å². The van der Waals surface area contributed by atoms with E-state index < -0.39 is 0 Å². The zero-order valence-corrected chi connectivity index (χ0v) is 18.5. The first-order chi connectivity index (χ1) is 14.6. The molecule has 3 aliphatic rings. The lowest BCUT2D eigenvalue weighted by molar-refractivity contribution is 0.306. The summed E-state index contributed by atoms with van der Waals surface area (Å²) < 4.78 is 0. The average molecular weight is 411 g/mol. The van der Waals surface area contributed by atoms with Gasteiger partial charge in [0, 0.05) is 87.7 Å². The fraction of sp³-hybridized carbons (Fsp3) is 0.583. The molecule has 164 valence electrons. The van der Waals surface area contributed by atoms with Gasteiger partial charge in [-0.1, -0.05) is 12.2 Å². The zero-order chi connectivity index (χ0) is 21.1. The summed E-state index contributed by atoms with van der Waals surface area (Å²) in [5.41, 5.74) is 8.95. The normalized spacial score (nSPS) is 30.3. The van der Waals surface area contributed by atoms with Crippen molar-refractivity contribution in [3.63, 3.8) is 0 Å². The summed E-state index contributed by atoms with van der Waals surface area (Å²) in [4.78, 5) is 0. The van der Waals surface area contributed by atoms with Gasteiger partial charge in [0.15, 0.2) is 0 Å². The molecule has 0 spiro atoms. The summed E-state index contributed by atoms with van der Waals surface area (Å²) in [6.45, 7) is 13.7. The summed E-state index contributed by atoms with van der Waals surface area (Å²) in [5.74, 6) is 0. The Balaban J connectivity index is 1.47. The predicted molar refractivity (Wildman–Crippen MR) is 126 cm³/mol. The van der Waals surface area contributed by atoms with Crippen LogP contribution in [-0.4, -0.2) is 76.5 Å². The molecule has 0 aromatic carbocycles. The van der Waals surface area contributed by atoms with Gasteiger partial charge in [0.25, 0.3) is 0 Å². The van der Waals surface area contributed by atoms with E-state index in [1.54, 1.807) is 0 Å². The Hall–Kier alpha value is -1.72. The Kier molecular flexibility index (Phi) is 8.88. The van der Waals surface area contributed by atoms with Gasteiger partial charge in [0.05, 0.1) is 0 Å². The maximum absolute atomic E-state index is 3.71. The van der Waals surface area contributed by atoms with Gasteiger partial charge < -0.3 is 31.9 Å². The molecule has 0 atom stereocenters. The van der Waals surface area contributed by atoms with Crippen LogP contribution in [0, 0.1) is 0 Å². The molecule has 1 saturated heterocycles. The molecule has 6 heteroatoms. The summed E-state index contributed by atoms with van der Waals surface area (Å²) in [5, 5.41) is 21.9. The van der Waals surface area contributed by atoms with E-state index in [1.807, 2.05) is 24.3 Å². The van der Waals surface area contributed by atoms with Crippen LogP contribution in [0.1, 0.15) is 13.8 Å². The Morgan fingerprint density at radius 3 is 1.37 bits per heavy atom. The standard InChI is InChI=1S/C24H38N6/c1-23(29-15-21-7-3-4-8-21)17-25-11-13-27-19-24(2,20-28-14-12-26-18-23)30-16-22-9-5-6-10-22/h3-7,9,25-30H,11-20H2,1-2H3. The zero-order valence-electron chi connectivity index (χ0n) is 18.5. The van der Waals surface area contributed by atoms with Crippen molar-refractivity contribution >= 4 is 0 Å². The molecule has 0 saturated carbocycles. The van der Waals surface area contributed by atoms with Crippen LogP contribution in [0.2, 0.25) is 0 Å². The van der Waals surface area contributed by atoms with Gasteiger partial charge in [0.1, 0.15) is 0 Å². The molecule has 0 radical (unpaired) electrons. The highest BCUT2D eigenvalue weighted by Crippen LogP contribution is 2.07.